The smallest absolute Gasteiger partial charge is 0.253 e. The van der Waals surface area contributed by atoms with Gasteiger partial charge in [-0.3, -0.25) is 9.69 Å². The largest absolute Gasteiger partial charge is 0.393 e. The summed E-state index contributed by atoms with van der Waals surface area (Å²) in [4.78, 5) is 18.6. The van der Waals surface area contributed by atoms with Crippen molar-refractivity contribution in [2.24, 2.45) is 0 Å². The summed E-state index contributed by atoms with van der Waals surface area (Å²) in [5.74, 6) is 0.629. The lowest BCUT2D eigenvalue weighted by Crippen LogP contribution is -2.41. The van der Waals surface area contributed by atoms with Gasteiger partial charge in [-0.25, -0.2) is 4.68 Å². The zero-order valence-electron chi connectivity index (χ0n) is 18.9. The van der Waals surface area contributed by atoms with Gasteiger partial charge in [-0.1, -0.05) is 30.3 Å². The van der Waals surface area contributed by atoms with Gasteiger partial charge < -0.3 is 10.1 Å². The lowest BCUT2D eigenvalue weighted by molar-refractivity contribution is 0.0659. The van der Waals surface area contributed by atoms with Gasteiger partial charge >= 0.3 is 0 Å². The number of H-pyrrole nitrogens is 1. The number of tetrazole rings is 1. The van der Waals surface area contributed by atoms with Crippen LogP contribution in [0.25, 0.3) is 10.9 Å². The first-order valence-electron chi connectivity index (χ1n) is 11.4. The Bertz CT molecular complexity index is 1320. The number of hydrogen-bond donors (Lipinski definition) is 2. The Hall–Kier alpha value is -3.36. The van der Waals surface area contributed by atoms with E-state index in [2.05, 4.69) is 38.4 Å². The second-order valence-corrected chi connectivity index (χ2v) is 8.93. The lowest BCUT2D eigenvalue weighted by Gasteiger charge is -2.35. The number of pyridine rings is 1. The van der Waals surface area contributed by atoms with Crippen LogP contribution in [-0.4, -0.2) is 54.4 Å². The van der Waals surface area contributed by atoms with E-state index in [1.54, 1.807) is 4.68 Å². The molecule has 0 aliphatic carbocycles. The molecule has 0 bridgehead atoms. The van der Waals surface area contributed by atoms with Gasteiger partial charge in [-0.05, 0) is 77.4 Å². The molecule has 1 unspecified atom stereocenters. The Balaban J connectivity index is 1.62. The topological polar surface area (TPSA) is 99.9 Å². The molecule has 1 atom stereocenters. The number of aromatic nitrogens is 5. The molecule has 4 aromatic rings. The molecule has 0 spiro atoms. The SMILES string of the molecule is Cc1cc2cc(C(c3nnnn3Cc3ccccc3)N3CCC(O)CC3)c(=O)[nH]c2cc1C. The summed E-state index contributed by atoms with van der Waals surface area (Å²) in [5, 5.41) is 23.7. The van der Waals surface area contributed by atoms with Crippen molar-refractivity contribution in [2.45, 2.75) is 45.4 Å². The van der Waals surface area contributed by atoms with Crippen LogP contribution < -0.4 is 5.56 Å². The number of piperidine rings is 1. The van der Waals surface area contributed by atoms with Crippen LogP contribution in [0.3, 0.4) is 0 Å². The highest BCUT2D eigenvalue weighted by Crippen LogP contribution is 2.30. The highest BCUT2D eigenvalue weighted by atomic mass is 16.3. The van der Waals surface area contributed by atoms with Crippen molar-refractivity contribution in [3.8, 4) is 0 Å². The average Bonchev–Trinajstić information content (AvgIpc) is 3.25. The van der Waals surface area contributed by atoms with Crippen LogP contribution in [0, 0.1) is 13.8 Å². The van der Waals surface area contributed by atoms with E-state index in [4.69, 9.17) is 0 Å². The number of hydrogen-bond acceptors (Lipinski definition) is 6. The number of aliphatic hydroxyl groups excluding tert-OH is 1. The second kappa shape index (κ2) is 8.88. The van der Waals surface area contributed by atoms with Crippen molar-refractivity contribution >= 4 is 10.9 Å². The van der Waals surface area contributed by atoms with E-state index in [-0.39, 0.29) is 11.7 Å². The van der Waals surface area contributed by atoms with Gasteiger partial charge in [-0.2, -0.15) is 0 Å². The van der Waals surface area contributed by atoms with Crippen LogP contribution in [0.15, 0.2) is 53.3 Å². The highest BCUT2D eigenvalue weighted by molar-refractivity contribution is 5.81. The first-order chi connectivity index (χ1) is 16.0. The molecule has 0 radical (unpaired) electrons. The minimum atomic E-state index is -0.411. The summed E-state index contributed by atoms with van der Waals surface area (Å²) in [6, 6.07) is 15.7. The maximum absolute atomic E-state index is 13.3. The zero-order chi connectivity index (χ0) is 22.9. The molecule has 1 fully saturated rings. The molecule has 2 aromatic heterocycles. The third kappa shape index (κ3) is 4.31. The van der Waals surface area contributed by atoms with Gasteiger partial charge in [0.2, 0.25) is 0 Å². The second-order valence-electron chi connectivity index (χ2n) is 8.93. The van der Waals surface area contributed by atoms with Gasteiger partial charge in [0, 0.05) is 24.2 Å². The fraction of sp³-hybridized carbons (Fsp3) is 0.360. The van der Waals surface area contributed by atoms with Crippen LogP contribution >= 0.6 is 0 Å². The molecule has 3 heterocycles. The Morgan fingerprint density at radius 1 is 1.09 bits per heavy atom. The Labute approximate surface area is 191 Å². The summed E-state index contributed by atoms with van der Waals surface area (Å²) in [7, 11) is 0. The zero-order valence-corrected chi connectivity index (χ0v) is 18.9. The molecular weight excluding hydrogens is 416 g/mol. The third-order valence-electron chi connectivity index (χ3n) is 6.63. The van der Waals surface area contributed by atoms with Crippen molar-refractivity contribution in [1.82, 2.24) is 30.1 Å². The maximum Gasteiger partial charge on any atom is 0.253 e. The number of aliphatic hydroxyl groups is 1. The third-order valence-corrected chi connectivity index (χ3v) is 6.63. The average molecular weight is 445 g/mol. The molecule has 1 aliphatic rings. The number of nitrogens with one attached hydrogen (secondary N) is 1. The minimum absolute atomic E-state index is 0.142. The van der Waals surface area contributed by atoms with Crippen LogP contribution in [0.5, 0.6) is 0 Å². The van der Waals surface area contributed by atoms with E-state index in [0.29, 0.717) is 43.9 Å². The van der Waals surface area contributed by atoms with Crippen LogP contribution in [0.1, 0.15) is 47.0 Å². The van der Waals surface area contributed by atoms with Crippen molar-refractivity contribution in [2.75, 3.05) is 13.1 Å². The van der Waals surface area contributed by atoms with Gasteiger partial charge in [0.15, 0.2) is 5.82 Å². The van der Waals surface area contributed by atoms with E-state index in [9.17, 15) is 9.90 Å². The minimum Gasteiger partial charge on any atom is -0.393 e. The highest BCUT2D eigenvalue weighted by Gasteiger charge is 2.32. The first kappa shape index (κ1) is 21.5. The van der Waals surface area contributed by atoms with Crippen LogP contribution in [0.2, 0.25) is 0 Å². The normalized spacial score (nSPS) is 16.3. The van der Waals surface area contributed by atoms with Crippen molar-refractivity contribution in [1.29, 1.82) is 0 Å². The lowest BCUT2D eigenvalue weighted by atomic mass is 9.98. The number of benzene rings is 2. The number of likely N-dealkylation sites (tertiary alicyclic amines) is 1. The summed E-state index contributed by atoms with van der Waals surface area (Å²) in [6.45, 7) is 5.95. The molecule has 1 saturated heterocycles. The Morgan fingerprint density at radius 3 is 2.58 bits per heavy atom. The molecule has 0 amide bonds. The van der Waals surface area contributed by atoms with E-state index in [0.717, 1.165) is 22.0 Å². The number of aryl methyl sites for hydroxylation is 2. The summed E-state index contributed by atoms with van der Waals surface area (Å²) < 4.78 is 1.77. The van der Waals surface area contributed by atoms with E-state index in [1.165, 1.54) is 5.56 Å². The van der Waals surface area contributed by atoms with E-state index >= 15 is 0 Å². The van der Waals surface area contributed by atoms with Gasteiger partial charge in [0.25, 0.3) is 5.56 Å². The number of fused-ring (bicyclic) bond motifs is 1. The fourth-order valence-electron chi connectivity index (χ4n) is 4.62. The summed E-state index contributed by atoms with van der Waals surface area (Å²) in [6.07, 6.45) is 0.990. The molecule has 8 nitrogen and oxygen atoms in total. The Kier molecular flexibility index (Phi) is 5.78. The van der Waals surface area contributed by atoms with Gasteiger partial charge in [0.05, 0.1) is 12.6 Å². The standard InChI is InChI=1S/C25H28N6O2/c1-16-12-19-14-21(25(33)26-22(19)13-17(16)2)23(30-10-8-20(32)9-11-30)24-27-28-29-31(24)15-18-6-4-3-5-7-18/h3-7,12-14,20,23,32H,8-11,15H2,1-2H3,(H,26,33). The molecule has 8 heteroatoms. The van der Waals surface area contributed by atoms with Gasteiger partial charge in [-0.15, -0.1) is 5.10 Å². The molecule has 1 aliphatic heterocycles. The van der Waals surface area contributed by atoms with E-state index < -0.39 is 6.04 Å². The van der Waals surface area contributed by atoms with Crippen LogP contribution in [-0.2, 0) is 6.54 Å². The number of rotatable bonds is 5. The Morgan fingerprint density at radius 2 is 1.82 bits per heavy atom. The molecule has 5 rings (SSSR count). The van der Waals surface area contributed by atoms with Crippen molar-refractivity contribution in [3.63, 3.8) is 0 Å². The molecule has 2 aromatic carbocycles. The molecule has 170 valence electrons. The predicted octanol–water partition coefficient (Wildman–Crippen LogP) is 2.73. The van der Waals surface area contributed by atoms with Gasteiger partial charge in [0.1, 0.15) is 6.04 Å². The van der Waals surface area contributed by atoms with Crippen LogP contribution in [0.4, 0.5) is 0 Å². The number of nitrogens with zero attached hydrogens (tertiary/aromatic N) is 5. The van der Waals surface area contributed by atoms with Crippen molar-refractivity contribution in [3.05, 3.63) is 87.0 Å². The monoisotopic (exact) mass is 444 g/mol. The molecule has 0 saturated carbocycles. The number of aromatic amines is 1. The maximum atomic E-state index is 13.3. The molecular formula is C25H28N6O2. The molecule has 2 N–H and O–H groups in total. The summed E-state index contributed by atoms with van der Waals surface area (Å²) in [5.41, 5.74) is 4.69. The predicted molar refractivity (Wildman–Crippen MR) is 126 cm³/mol. The van der Waals surface area contributed by atoms with E-state index in [1.807, 2.05) is 49.4 Å². The molecule has 33 heavy (non-hydrogen) atoms. The quantitative estimate of drug-likeness (QED) is 0.491. The first-order valence-corrected chi connectivity index (χ1v) is 11.4. The van der Waals surface area contributed by atoms with Crippen molar-refractivity contribution < 1.29 is 5.11 Å². The summed E-state index contributed by atoms with van der Waals surface area (Å²) >= 11 is 0. The fourth-order valence-corrected chi connectivity index (χ4v) is 4.62.